The molecule has 2 aromatic carbocycles. The van der Waals surface area contributed by atoms with Crippen LogP contribution >= 0.6 is 34.5 Å². The Kier molecular flexibility index (Phi) is 4.92. The van der Waals surface area contributed by atoms with Crippen LogP contribution in [0.25, 0.3) is 20.2 Å². The molecule has 23 heavy (non-hydrogen) atoms. The molecule has 0 saturated heterocycles. The normalized spacial score (nSPS) is 16.3. The molecule has 2 heterocycles. The second-order valence-electron chi connectivity index (χ2n) is 4.53. The van der Waals surface area contributed by atoms with Crippen LogP contribution in [0.4, 0.5) is 0 Å². The molecule has 4 rings (SSSR count). The summed E-state index contributed by atoms with van der Waals surface area (Å²) in [7, 11) is -1.13. The summed E-state index contributed by atoms with van der Waals surface area (Å²) in [5, 5.41) is 3.51. The van der Waals surface area contributed by atoms with E-state index in [2.05, 4.69) is 4.99 Å². The van der Waals surface area contributed by atoms with Gasteiger partial charge in [-0.25, -0.2) is 9.20 Å². The molecule has 0 spiro atoms. The Morgan fingerprint density at radius 1 is 1.00 bits per heavy atom. The van der Waals surface area contributed by atoms with Gasteiger partial charge in [-0.05, 0) is 30.3 Å². The van der Waals surface area contributed by atoms with Gasteiger partial charge in [0.05, 0.1) is 0 Å². The minimum Gasteiger partial charge on any atom is -0.289 e. The van der Waals surface area contributed by atoms with Gasteiger partial charge in [0.1, 0.15) is 10.8 Å². The van der Waals surface area contributed by atoms with Crippen LogP contribution in [0.3, 0.4) is 0 Å². The van der Waals surface area contributed by atoms with Crippen LogP contribution in [0.5, 0.6) is 0 Å². The van der Waals surface area contributed by atoms with Gasteiger partial charge in [-0.2, -0.15) is 0 Å². The topological polar surface area (TPSA) is 46.5 Å². The summed E-state index contributed by atoms with van der Waals surface area (Å²) in [6.45, 7) is 0. The minimum atomic E-state index is -1.13. The molecule has 1 atom stereocenters. The summed E-state index contributed by atoms with van der Waals surface area (Å²) >= 11 is 12.8. The summed E-state index contributed by atoms with van der Waals surface area (Å²) < 4.78 is 12.5. The predicted octanol–water partition coefficient (Wildman–Crippen LogP) is 4.88. The van der Waals surface area contributed by atoms with Gasteiger partial charge in [-0.3, -0.25) is 4.79 Å². The molecule has 0 N–H and O–H groups in total. The first-order chi connectivity index (χ1) is 11.1. The van der Waals surface area contributed by atoms with Crippen LogP contribution in [-0.4, -0.2) is 8.71 Å². The van der Waals surface area contributed by atoms with Crippen LogP contribution in [0.1, 0.15) is 0 Å². The van der Waals surface area contributed by atoms with Crippen molar-refractivity contribution < 1.29 is 4.21 Å². The molecule has 7 heteroatoms. The molecule has 0 bridgehead atoms. The van der Waals surface area contributed by atoms with Gasteiger partial charge in [0.2, 0.25) is 0 Å². The zero-order valence-corrected chi connectivity index (χ0v) is 14.7. The highest BCUT2D eigenvalue weighted by Gasteiger charge is 2.05. The van der Waals surface area contributed by atoms with Crippen LogP contribution < -0.4 is 5.43 Å². The first kappa shape index (κ1) is 16.3. The van der Waals surface area contributed by atoms with Crippen molar-refractivity contribution in [3.63, 3.8) is 0 Å². The van der Waals surface area contributed by atoms with E-state index in [-0.39, 0.29) is 9.93 Å². The van der Waals surface area contributed by atoms with Crippen molar-refractivity contribution in [3.05, 3.63) is 69.3 Å². The van der Waals surface area contributed by atoms with Gasteiger partial charge < -0.3 is 0 Å². The quantitative estimate of drug-likeness (QED) is 0.520. The number of hydrogen-bond donors (Lipinski definition) is 0. The van der Waals surface area contributed by atoms with E-state index < -0.39 is 10.8 Å². The van der Waals surface area contributed by atoms with E-state index in [1.54, 1.807) is 17.4 Å². The standard InChI is InChI=1S/C13H7ClOS.C3H2ClNOS/c14-8-5-6-12-10(7-8)13(15)9-3-1-2-4-11(9)16-12;4-3-5-1-2-7(3)6/h1-7H;1-2H. The Labute approximate surface area is 148 Å². The third-order valence-electron chi connectivity index (χ3n) is 3.06. The molecular weight excluding hydrogens is 373 g/mol. The highest BCUT2D eigenvalue weighted by Crippen LogP contribution is 2.26. The second kappa shape index (κ2) is 6.93. The lowest BCUT2D eigenvalue weighted by atomic mass is 10.2. The van der Waals surface area contributed by atoms with Crippen LogP contribution in [0.2, 0.25) is 5.02 Å². The van der Waals surface area contributed by atoms with Gasteiger partial charge in [0.25, 0.3) is 0 Å². The molecule has 0 aliphatic carbocycles. The summed E-state index contributed by atoms with van der Waals surface area (Å²) in [5.74, 6) is 0. The number of aliphatic imine (C=N–C) groups is 1. The lowest BCUT2D eigenvalue weighted by Crippen LogP contribution is -2.00. The average Bonchev–Trinajstić information content (AvgIpc) is 2.93. The Balaban J connectivity index is 0.000000188. The summed E-state index contributed by atoms with van der Waals surface area (Å²) in [6, 6.07) is 13.1. The van der Waals surface area contributed by atoms with Gasteiger partial charge in [-0.1, -0.05) is 35.3 Å². The number of rotatable bonds is 0. The fourth-order valence-corrected chi connectivity index (χ4v) is 3.91. The Morgan fingerprint density at radius 3 is 2.39 bits per heavy atom. The van der Waals surface area contributed by atoms with Gasteiger partial charge in [0, 0.05) is 36.8 Å². The molecule has 0 fully saturated rings. The Bertz CT molecular complexity index is 1040. The third kappa shape index (κ3) is 3.53. The molecule has 1 aliphatic heterocycles. The van der Waals surface area contributed by atoms with Gasteiger partial charge >= 0.3 is 0 Å². The smallest absolute Gasteiger partial charge is 0.197 e. The summed E-state index contributed by atoms with van der Waals surface area (Å²) in [4.78, 5) is 15.7. The maximum Gasteiger partial charge on any atom is 0.197 e. The third-order valence-corrected chi connectivity index (χ3v) is 5.81. The summed E-state index contributed by atoms with van der Waals surface area (Å²) in [6.07, 6.45) is 1.43. The van der Waals surface area contributed by atoms with E-state index in [9.17, 15) is 9.00 Å². The van der Waals surface area contributed by atoms with Crippen molar-refractivity contribution in [1.29, 1.82) is 0 Å². The van der Waals surface area contributed by atoms with Crippen molar-refractivity contribution >= 4 is 70.0 Å². The fourth-order valence-electron chi connectivity index (χ4n) is 2.03. The zero-order valence-electron chi connectivity index (χ0n) is 11.5. The number of halogens is 2. The molecule has 0 saturated carbocycles. The number of fused-ring (bicyclic) bond motifs is 2. The zero-order chi connectivity index (χ0) is 16.4. The lowest BCUT2D eigenvalue weighted by molar-refractivity contribution is 0.695. The van der Waals surface area contributed by atoms with Crippen molar-refractivity contribution in [3.8, 4) is 0 Å². The van der Waals surface area contributed by atoms with E-state index in [0.717, 1.165) is 14.8 Å². The number of benzene rings is 2. The predicted molar refractivity (Wildman–Crippen MR) is 101 cm³/mol. The fraction of sp³-hybridized carbons (Fsp3) is 0. The highest BCUT2D eigenvalue weighted by molar-refractivity contribution is 8.06. The summed E-state index contributed by atoms with van der Waals surface area (Å²) in [5.41, 5.74) is 0.0619. The van der Waals surface area contributed by atoms with E-state index in [1.807, 2.05) is 36.4 Å². The number of nitrogens with zero attached hydrogens (tertiary/aromatic N) is 1. The maximum atomic E-state index is 12.2. The van der Waals surface area contributed by atoms with Crippen LogP contribution in [0, 0.1) is 0 Å². The first-order valence-corrected chi connectivity index (χ1v) is 9.26. The van der Waals surface area contributed by atoms with E-state index in [0.29, 0.717) is 10.4 Å². The lowest BCUT2D eigenvalue weighted by Gasteiger charge is -2.00. The molecule has 1 unspecified atom stereocenters. The van der Waals surface area contributed by atoms with Crippen molar-refractivity contribution in [2.24, 2.45) is 4.99 Å². The minimum absolute atomic E-state index is 0.0619. The molecule has 0 amide bonds. The van der Waals surface area contributed by atoms with Crippen molar-refractivity contribution in [2.45, 2.75) is 0 Å². The van der Waals surface area contributed by atoms with Crippen LogP contribution in [0.15, 0.2) is 63.9 Å². The Morgan fingerprint density at radius 2 is 1.74 bits per heavy atom. The van der Waals surface area contributed by atoms with Crippen molar-refractivity contribution in [2.75, 3.05) is 0 Å². The SMILES string of the molecule is O=S1C=CN=C1Cl.O=c1c2ccccc2sc2ccc(Cl)cc12. The van der Waals surface area contributed by atoms with E-state index in [1.165, 1.54) is 11.6 Å². The maximum absolute atomic E-state index is 12.2. The Hall–Kier alpha value is -1.53. The largest absolute Gasteiger partial charge is 0.289 e. The number of hydrogen-bond acceptors (Lipinski definition) is 4. The van der Waals surface area contributed by atoms with Gasteiger partial charge in [0.15, 0.2) is 9.93 Å². The molecule has 1 aliphatic rings. The van der Waals surface area contributed by atoms with E-state index in [4.69, 9.17) is 23.2 Å². The van der Waals surface area contributed by atoms with Crippen molar-refractivity contribution in [1.82, 2.24) is 0 Å². The monoisotopic (exact) mass is 381 g/mol. The molecular formula is C16H9Cl2NO2S2. The highest BCUT2D eigenvalue weighted by atomic mass is 35.5. The van der Waals surface area contributed by atoms with Gasteiger partial charge in [-0.15, -0.1) is 11.3 Å². The molecule has 3 nitrogen and oxygen atoms in total. The van der Waals surface area contributed by atoms with E-state index >= 15 is 0 Å². The molecule has 1 aromatic heterocycles. The average molecular weight is 382 g/mol. The molecule has 116 valence electrons. The van der Waals surface area contributed by atoms with Crippen LogP contribution in [-0.2, 0) is 10.8 Å². The molecule has 3 aromatic rings. The second-order valence-corrected chi connectivity index (χ2v) is 7.89. The first-order valence-electron chi connectivity index (χ1n) is 6.48. The molecule has 0 radical (unpaired) electrons.